The van der Waals surface area contributed by atoms with Crippen LogP contribution in [-0.4, -0.2) is 42.7 Å². The van der Waals surface area contributed by atoms with Crippen molar-refractivity contribution in [3.8, 4) is 0 Å². The molecule has 3 nitrogen and oxygen atoms in total. The van der Waals surface area contributed by atoms with Crippen LogP contribution < -0.4 is 5.32 Å². The van der Waals surface area contributed by atoms with Gasteiger partial charge in [-0.05, 0) is 37.7 Å². The number of hydrogen-bond acceptors (Lipinski definition) is 3. The molecule has 0 bridgehead atoms. The van der Waals surface area contributed by atoms with E-state index in [4.69, 9.17) is 0 Å². The van der Waals surface area contributed by atoms with E-state index in [0.717, 1.165) is 43.7 Å². The molecule has 2 unspecified atom stereocenters. The molecular formula is C21H39N3. The summed E-state index contributed by atoms with van der Waals surface area (Å²) in [6.07, 6.45) is 8.73. The Hall–Kier alpha value is -1.32. The SMILES string of the molecule is C=CC(CC)C(C=C)N(C)N(CC)CCCCCNC(=C)C(=C)C. The number of nitrogens with zero attached hydrogens (tertiary/aromatic N) is 2. The van der Waals surface area contributed by atoms with E-state index in [2.05, 4.69) is 68.6 Å². The molecule has 1 N–H and O–H groups in total. The smallest absolute Gasteiger partial charge is 0.0482 e. The number of hydrazine groups is 1. The topological polar surface area (TPSA) is 18.5 Å². The maximum atomic E-state index is 4.03. The summed E-state index contributed by atoms with van der Waals surface area (Å²) in [6, 6.07) is 0.313. The average molecular weight is 334 g/mol. The third kappa shape index (κ3) is 7.98. The van der Waals surface area contributed by atoms with Crippen LogP contribution in [0.15, 0.2) is 49.7 Å². The number of hydrogen-bond donors (Lipinski definition) is 1. The molecule has 0 aromatic heterocycles. The predicted octanol–water partition coefficient (Wildman–Crippen LogP) is 4.77. The van der Waals surface area contributed by atoms with Crippen LogP contribution in [0.3, 0.4) is 0 Å². The summed E-state index contributed by atoms with van der Waals surface area (Å²) in [6.45, 7) is 25.3. The monoisotopic (exact) mass is 333 g/mol. The van der Waals surface area contributed by atoms with E-state index in [9.17, 15) is 0 Å². The quantitative estimate of drug-likeness (QED) is 0.201. The van der Waals surface area contributed by atoms with Gasteiger partial charge in [0.25, 0.3) is 0 Å². The third-order valence-electron chi connectivity index (χ3n) is 4.64. The highest BCUT2D eigenvalue weighted by Crippen LogP contribution is 2.18. The molecule has 0 aliphatic heterocycles. The van der Waals surface area contributed by atoms with Crippen LogP contribution in [0, 0.1) is 5.92 Å². The molecule has 0 aromatic carbocycles. The molecular weight excluding hydrogens is 294 g/mol. The largest absolute Gasteiger partial charge is 0.385 e. The first-order valence-electron chi connectivity index (χ1n) is 9.24. The van der Waals surface area contributed by atoms with Crippen molar-refractivity contribution in [2.75, 3.05) is 26.7 Å². The highest BCUT2D eigenvalue weighted by Gasteiger charge is 2.22. The van der Waals surface area contributed by atoms with Crippen molar-refractivity contribution >= 4 is 0 Å². The van der Waals surface area contributed by atoms with Gasteiger partial charge in [-0.1, -0.05) is 45.6 Å². The highest BCUT2D eigenvalue weighted by atomic mass is 15.6. The Balaban J connectivity index is 4.25. The van der Waals surface area contributed by atoms with Crippen molar-refractivity contribution in [3.63, 3.8) is 0 Å². The minimum Gasteiger partial charge on any atom is -0.385 e. The fourth-order valence-corrected chi connectivity index (χ4v) is 2.87. The van der Waals surface area contributed by atoms with Gasteiger partial charge >= 0.3 is 0 Å². The van der Waals surface area contributed by atoms with Crippen molar-refractivity contribution in [2.24, 2.45) is 5.92 Å². The Morgan fingerprint density at radius 1 is 1.08 bits per heavy atom. The van der Waals surface area contributed by atoms with E-state index < -0.39 is 0 Å². The summed E-state index contributed by atoms with van der Waals surface area (Å²) in [5.41, 5.74) is 1.96. The number of unbranched alkanes of at least 4 members (excludes halogenated alkanes) is 2. The van der Waals surface area contributed by atoms with Gasteiger partial charge in [0, 0.05) is 38.4 Å². The fourth-order valence-electron chi connectivity index (χ4n) is 2.87. The first kappa shape index (κ1) is 22.7. The van der Waals surface area contributed by atoms with Gasteiger partial charge in [0.2, 0.25) is 0 Å². The Morgan fingerprint density at radius 3 is 2.21 bits per heavy atom. The summed E-state index contributed by atoms with van der Waals surface area (Å²) in [5.74, 6) is 0.443. The second-order valence-electron chi connectivity index (χ2n) is 6.40. The van der Waals surface area contributed by atoms with E-state index in [1.807, 2.05) is 13.0 Å². The molecule has 0 radical (unpaired) electrons. The molecule has 0 spiro atoms. The summed E-state index contributed by atoms with van der Waals surface area (Å²) in [4.78, 5) is 0. The van der Waals surface area contributed by atoms with Gasteiger partial charge in [-0.15, -0.1) is 13.2 Å². The lowest BCUT2D eigenvalue weighted by molar-refractivity contribution is -0.0316. The van der Waals surface area contributed by atoms with Gasteiger partial charge in [-0.3, -0.25) is 0 Å². The lowest BCUT2D eigenvalue weighted by atomic mass is 9.97. The lowest BCUT2D eigenvalue weighted by Crippen LogP contribution is -2.48. The molecule has 24 heavy (non-hydrogen) atoms. The predicted molar refractivity (Wildman–Crippen MR) is 109 cm³/mol. The zero-order valence-corrected chi connectivity index (χ0v) is 16.5. The number of likely N-dealkylation sites (N-methyl/N-ethyl adjacent to an activating group) is 1. The van der Waals surface area contributed by atoms with Gasteiger partial charge in [0.15, 0.2) is 0 Å². The van der Waals surface area contributed by atoms with Gasteiger partial charge in [0.05, 0.1) is 0 Å². The molecule has 0 saturated carbocycles. The first-order chi connectivity index (χ1) is 11.4. The molecule has 0 heterocycles. The molecule has 138 valence electrons. The summed E-state index contributed by atoms with van der Waals surface area (Å²) >= 11 is 0. The standard InChI is InChI=1S/C21H39N3/c1-9-20(10-2)21(11-3)23(8)24(12-4)17-15-13-14-16-22-19(7)18(5)6/h9,11,20-22H,1,3,5,7,10,12-17H2,2,4,6,8H3. The maximum absolute atomic E-state index is 4.03. The van der Waals surface area contributed by atoms with Gasteiger partial charge in [-0.25, -0.2) is 10.0 Å². The van der Waals surface area contributed by atoms with Crippen LogP contribution in [-0.2, 0) is 0 Å². The zero-order valence-electron chi connectivity index (χ0n) is 16.5. The van der Waals surface area contributed by atoms with Crippen LogP contribution >= 0.6 is 0 Å². The molecule has 0 rings (SSSR count). The maximum Gasteiger partial charge on any atom is 0.0482 e. The minimum atomic E-state index is 0.313. The van der Waals surface area contributed by atoms with E-state index in [0.29, 0.717) is 12.0 Å². The molecule has 0 saturated heterocycles. The third-order valence-corrected chi connectivity index (χ3v) is 4.64. The Bertz CT molecular complexity index is 400. The van der Waals surface area contributed by atoms with E-state index in [-0.39, 0.29) is 0 Å². The van der Waals surface area contributed by atoms with Crippen LogP contribution in [0.1, 0.15) is 46.5 Å². The molecule has 2 atom stereocenters. The first-order valence-corrected chi connectivity index (χ1v) is 9.24. The van der Waals surface area contributed by atoms with Gasteiger partial charge < -0.3 is 5.32 Å². The summed E-state index contributed by atoms with van der Waals surface area (Å²) in [7, 11) is 2.17. The van der Waals surface area contributed by atoms with Crippen LogP contribution in [0.5, 0.6) is 0 Å². The summed E-state index contributed by atoms with van der Waals surface area (Å²) in [5, 5.41) is 8.07. The Labute approximate surface area is 150 Å². The molecule has 0 amide bonds. The molecule has 0 aromatic rings. The highest BCUT2D eigenvalue weighted by molar-refractivity contribution is 5.20. The second-order valence-corrected chi connectivity index (χ2v) is 6.40. The zero-order chi connectivity index (χ0) is 18.5. The van der Waals surface area contributed by atoms with Crippen LogP contribution in [0.2, 0.25) is 0 Å². The number of rotatable bonds is 15. The van der Waals surface area contributed by atoms with Crippen molar-refractivity contribution in [2.45, 2.75) is 52.5 Å². The normalized spacial score (nSPS) is 13.6. The van der Waals surface area contributed by atoms with Gasteiger partial charge in [-0.2, -0.15) is 0 Å². The number of allylic oxidation sites excluding steroid dienone is 1. The molecule has 0 aliphatic rings. The van der Waals surface area contributed by atoms with Gasteiger partial charge in [0.1, 0.15) is 0 Å². The number of nitrogens with one attached hydrogen (secondary N) is 1. The van der Waals surface area contributed by atoms with E-state index >= 15 is 0 Å². The fraction of sp³-hybridized carbons (Fsp3) is 0.619. The van der Waals surface area contributed by atoms with Crippen LogP contribution in [0.25, 0.3) is 0 Å². The molecule has 0 aliphatic carbocycles. The average Bonchev–Trinajstić information content (AvgIpc) is 2.57. The molecule has 0 fully saturated rings. The van der Waals surface area contributed by atoms with Crippen molar-refractivity contribution in [3.05, 3.63) is 49.7 Å². The van der Waals surface area contributed by atoms with Crippen molar-refractivity contribution in [1.29, 1.82) is 0 Å². The minimum absolute atomic E-state index is 0.313. The Morgan fingerprint density at radius 2 is 1.75 bits per heavy atom. The Kier molecular flexibility index (Phi) is 12.3. The van der Waals surface area contributed by atoms with E-state index in [1.54, 1.807) is 0 Å². The lowest BCUT2D eigenvalue weighted by Gasteiger charge is -2.38. The second kappa shape index (κ2) is 13.0. The van der Waals surface area contributed by atoms with Crippen molar-refractivity contribution < 1.29 is 0 Å². The van der Waals surface area contributed by atoms with Crippen LogP contribution in [0.4, 0.5) is 0 Å². The molecule has 3 heteroatoms. The van der Waals surface area contributed by atoms with E-state index in [1.165, 1.54) is 12.8 Å². The summed E-state index contributed by atoms with van der Waals surface area (Å²) < 4.78 is 0. The van der Waals surface area contributed by atoms with Crippen molar-refractivity contribution in [1.82, 2.24) is 15.3 Å².